The lowest BCUT2D eigenvalue weighted by Gasteiger charge is -2.23. The Morgan fingerprint density at radius 1 is 1.27 bits per heavy atom. The Kier molecular flexibility index (Phi) is 8.16. The summed E-state index contributed by atoms with van der Waals surface area (Å²) in [5.41, 5.74) is 0.320. The van der Waals surface area contributed by atoms with Crippen molar-refractivity contribution < 1.29 is 13.9 Å². The number of guanidine groups is 1. The Hall–Kier alpha value is -1.82. The second-order valence-electron chi connectivity index (χ2n) is 6.82. The second kappa shape index (κ2) is 10.4. The number of benzene rings is 1. The lowest BCUT2D eigenvalue weighted by molar-refractivity contribution is 0.129. The highest BCUT2D eigenvalue weighted by Gasteiger charge is 2.42. The summed E-state index contributed by atoms with van der Waals surface area (Å²) < 4.78 is 24.6. The van der Waals surface area contributed by atoms with E-state index < -0.39 is 0 Å². The molecule has 0 saturated heterocycles. The molecule has 1 aromatic carbocycles. The number of para-hydroxylation sites is 1. The molecule has 0 amide bonds. The number of hydrogen-bond acceptors (Lipinski definition) is 3. The van der Waals surface area contributed by atoms with Crippen LogP contribution in [0.15, 0.2) is 29.3 Å². The molecule has 1 aliphatic carbocycles. The van der Waals surface area contributed by atoms with Gasteiger partial charge in [0.2, 0.25) is 0 Å². The van der Waals surface area contributed by atoms with E-state index in [-0.39, 0.29) is 11.6 Å². The number of likely N-dealkylation sites (N-methyl/N-ethyl adjacent to an activating group) is 1. The molecule has 0 radical (unpaired) electrons. The molecule has 2 rings (SSSR count). The molecule has 1 N–H and O–H groups in total. The topological polar surface area (TPSA) is 46.1 Å². The van der Waals surface area contributed by atoms with Crippen LogP contribution in [0, 0.1) is 11.2 Å². The zero-order valence-electron chi connectivity index (χ0n) is 16.3. The van der Waals surface area contributed by atoms with Crippen LogP contribution in [0.3, 0.4) is 0 Å². The van der Waals surface area contributed by atoms with Crippen molar-refractivity contribution in [2.75, 3.05) is 46.5 Å². The third-order valence-corrected chi connectivity index (χ3v) is 4.72. The quantitative estimate of drug-likeness (QED) is 0.371. The van der Waals surface area contributed by atoms with Gasteiger partial charge in [0.25, 0.3) is 0 Å². The molecule has 5 nitrogen and oxygen atoms in total. The summed E-state index contributed by atoms with van der Waals surface area (Å²) in [6.45, 7) is 8.33. The Morgan fingerprint density at radius 2 is 2.04 bits per heavy atom. The van der Waals surface area contributed by atoms with Crippen molar-refractivity contribution in [1.29, 1.82) is 0 Å². The molecule has 0 aromatic heterocycles. The Bertz CT molecular complexity index is 576. The van der Waals surface area contributed by atoms with E-state index in [0.717, 1.165) is 38.7 Å². The van der Waals surface area contributed by atoms with Crippen LogP contribution in [0.5, 0.6) is 5.75 Å². The molecule has 1 fully saturated rings. The van der Waals surface area contributed by atoms with Gasteiger partial charge in [-0.3, -0.25) is 4.99 Å². The van der Waals surface area contributed by atoms with E-state index >= 15 is 0 Å². The van der Waals surface area contributed by atoms with E-state index in [9.17, 15) is 4.39 Å². The van der Waals surface area contributed by atoms with Crippen LogP contribution in [-0.4, -0.2) is 57.4 Å². The van der Waals surface area contributed by atoms with E-state index in [0.29, 0.717) is 18.6 Å². The number of hydrogen-bond donors (Lipinski definition) is 1. The number of rotatable bonds is 11. The summed E-state index contributed by atoms with van der Waals surface area (Å²) >= 11 is 0. The minimum absolute atomic E-state index is 0.288. The molecule has 0 heterocycles. The van der Waals surface area contributed by atoms with Crippen molar-refractivity contribution in [2.24, 2.45) is 10.4 Å². The summed E-state index contributed by atoms with van der Waals surface area (Å²) in [6.07, 6.45) is 3.52. The number of nitrogens with zero attached hydrogens (tertiary/aromatic N) is 2. The molecule has 146 valence electrons. The summed E-state index contributed by atoms with van der Waals surface area (Å²) in [4.78, 5) is 6.85. The molecule has 6 heteroatoms. The predicted octanol–water partition coefficient (Wildman–Crippen LogP) is 3.31. The highest BCUT2D eigenvalue weighted by molar-refractivity contribution is 5.79. The van der Waals surface area contributed by atoms with Gasteiger partial charge < -0.3 is 19.7 Å². The van der Waals surface area contributed by atoms with E-state index in [2.05, 4.69) is 12.2 Å². The van der Waals surface area contributed by atoms with Crippen molar-refractivity contribution in [3.8, 4) is 5.75 Å². The zero-order valence-corrected chi connectivity index (χ0v) is 16.3. The zero-order chi connectivity index (χ0) is 18.8. The Balaban J connectivity index is 1.82. The fraction of sp³-hybridized carbons (Fsp3) is 0.650. The molecule has 0 atom stereocenters. The van der Waals surface area contributed by atoms with Gasteiger partial charge in [-0.15, -0.1) is 0 Å². The van der Waals surface area contributed by atoms with Gasteiger partial charge in [0.1, 0.15) is 6.61 Å². The first-order chi connectivity index (χ1) is 12.6. The fourth-order valence-electron chi connectivity index (χ4n) is 2.77. The highest BCUT2D eigenvalue weighted by atomic mass is 19.1. The van der Waals surface area contributed by atoms with Crippen LogP contribution in [0.4, 0.5) is 4.39 Å². The average Bonchev–Trinajstić information content (AvgIpc) is 3.40. The van der Waals surface area contributed by atoms with Crippen LogP contribution >= 0.6 is 0 Å². The maximum atomic E-state index is 13.6. The van der Waals surface area contributed by atoms with E-state index in [1.54, 1.807) is 18.2 Å². The fourth-order valence-corrected chi connectivity index (χ4v) is 2.77. The molecule has 1 aromatic rings. The maximum absolute atomic E-state index is 13.6. The van der Waals surface area contributed by atoms with Crippen molar-refractivity contribution in [2.45, 2.75) is 33.1 Å². The van der Waals surface area contributed by atoms with Crippen LogP contribution < -0.4 is 10.1 Å². The van der Waals surface area contributed by atoms with E-state index in [1.807, 2.05) is 18.9 Å². The maximum Gasteiger partial charge on any atom is 0.193 e. The normalized spacial score (nSPS) is 15.6. The monoisotopic (exact) mass is 365 g/mol. The van der Waals surface area contributed by atoms with Crippen LogP contribution in [0.2, 0.25) is 0 Å². The molecule has 1 aliphatic rings. The average molecular weight is 365 g/mol. The SMILES string of the molecule is CCNC(=NCC1(CCOCC)CC1)N(C)CCOc1ccccc1F. The van der Waals surface area contributed by atoms with Crippen molar-refractivity contribution >= 4 is 5.96 Å². The number of ether oxygens (including phenoxy) is 2. The van der Waals surface area contributed by atoms with Crippen LogP contribution in [0.25, 0.3) is 0 Å². The largest absolute Gasteiger partial charge is 0.489 e. The summed E-state index contributed by atoms with van der Waals surface area (Å²) in [7, 11) is 1.98. The van der Waals surface area contributed by atoms with Gasteiger partial charge in [-0.1, -0.05) is 12.1 Å². The second-order valence-corrected chi connectivity index (χ2v) is 6.82. The Morgan fingerprint density at radius 3 is 2.69 bits per heavy atom. The predicted molar refractivity (Wildman–Crippen MR) is 103 cm³/mol. The lowest BCUT2D eigenvalue weighted by Crippen LogP contribution is -2.41. The summed E-state index contributed by atoms with van der Waals surface area (Å²) in [5, 5.41) is 3.33. The number of aliphatic imine (C=N–C) groups is 1. The lowest BCUT2D eigenvalue weighted by atomic mass is 10.0. The summed E-state index contributed by atoms with van der Waals surface area (Å²) in [5.74, 6) is 0.823. The number of nitrogens with one attached hydrogen (secondary N) is 1. The van der Waals surface area contributed by atoms with Crippen molar-refractivity contribution in [3.05, 3.63) is 30.1 Å². The smallest absolute Gasteiger partial charge is 0.193 e. The first kappa shape index (κ1) is 20.5. The molecule has 1 saturated carbocycles. The minimum atomic E-state index is -0.333. The van der Waals surface area contributed by atoms with Crippen LogP contribution in [-0.2, 0) is 4.74 Å². The molecule has 0 aliphatic heterocycles. The van der Waals surface area contributed by atoms with Gasteiger partial charge in [0.15, 0.2) is 17.5 Å². The molecule has 0 bridgehead atoms. The molecular formula is C20H32FN3O2. The minimum Gasteiger partial charge on any atom is -0.489 e. The third-order valence-electron chi connectivity index (χ3n) is 4.72. The van der Waals surface area contributed by atoms with Crippen LogP contribution in [0.1, 0.15) is 33.1 Å². The molecule has 0 spiro atoms. The van der Waals surface area contributed by atoms with E-state index in [1.165, 1.54) is 18.9 Å². The van der Waals surface area contributed by atoms with Gasteiger partial charge >= 0.3 is 0 Å². The van der Waals surface area contributed by atoms with Gasteiger partial charge in [-0.25, -0.2) is 4.39 Å². The van der Waals surface area contributed by atoms with E-state index in [4.69, 9.17) is 14.5 Å². The molecule has 0 unspecified atom stereocenters. The van der Waals surface area contributed by atoms with Gasteiger partial charge in [-0.2, -0.15) is 0 Å². The van der Waals surface area contributed by atoms with Gasteiger partial charge in [0, 0.05) is 33.4 Å². The number of halogens is 1. The molecular weight excluding hydrogens is 333 g/mol. The highest BCUT2D eigenvalue weighted by Crippen LogP contribution is 2.49. The van der Waals surface area contributed by atoms with Crippen molar-refractivity contribution in [1.82, 2.24) is 10.2 Å². The van der Waals surface area contributed by atoms with Gasteiger partial charge in [-0.05, 0) is 50.7 Å². The third kappa shape index (κ3) is 6.48. The van der Waals surface area contributed by atoms with Crippen molar-refractivity contribution in [3.63, 3.8) is 0 Å². The first-order valence-electron chi connectivity index (χ1n) is 9.55. The summed E-state index contributed by atoms with van der Waals surface area (Å²) in [6, 6.07) is 6.47. The molecule has 26 heavy (non-hydrogen) atoms. The standard InChI is InChI=1S/C20H32FN3O2/c1-4-22-19(23-16-20(10-11-20)12-14-25-5-2)24(3)13-15-26-18-9-7-6-8-17(18)21/h6-9H,4-5,10-16H2,1-3H3,(H,22,23). The first-order valence-corrected chi connectivity index (χ1v) is 9.55. The van der Waals surface area contributed by atoms with Gasteiger partial charge in [0.05, 0.1) is 6.54 Å². The Labute approximate surface area is 156 Å².